The molecule has 1 fully saturated rings. The van der Waals surface area contributed by atoms with E-state index in [-0.39, 0.29) is 11.6 Å². The van der Waals surface area contributed by atoms with Gasteiger partial charge in [-0.25, -0.2) is 9.78 Å². The van der Waals surface area contributed by atoms with E-state index in [1.807, 2.05) is 0 Å². The standard InChI is InChI=1S/C11H15NO4/c1-2-15-11(13)9-7-16-10(12-9)8-3-5-14-6-4-8/h7-8H,2-6H2,1H3. The fourth-order valence-corrected chi connectivity index (χ4v) is 1.72. The van der Waals surface area contributed by atoms with Crippen molar-refractivity contribution in [2.75, 3.05) is 19.8 Å². The van der Waals surface area contributed by atoms with Crippen LogP contribution in [0.5, 0.6) is 0 Å². The second kappa shape index (κ2) is 5.12. The molecule has 16 heavy (non-hydrogen) atoms. The summed E-state index contributed by atoms with van der Waals surface area (Å²) < 4.78 is 15.4. The number of hydrogen-bond donors (Lipinski definition) is 0. The molecule has 0 unspecified atom stereocenters. The molecule has 2 heterocycles. The van der Waals surface area contributed by atoms with Crippen LogP contribution in [0, 0.1) is 0 Å². The first-order valence-corrected chi connectivity index (χ1v) is 5.51. The van der Waals surface area contributed by atoms with Gasteiger partial charge in [0.05, 0.1) is 6.61 Å². The van der Waals surface area contributed by atoms with Crippen molar-refractivity contribution in [1.82, 2.24) is 4.98 Å². The molecule has 1 saturated heterocycles. The molecule has 0 saturated carbocycles. The Hall–Kier alpha value is -1.36. The van der Waals surface area contributed by atoms with Gasteiger partial charge in [-0.05, 0) is 19.8 Å². The van der Waals surface area contributed by atoms with Crippen LogP contribution >= 0.6 is 0 Å². The van der Waals surface area contributed by atoms with Crippen LogP contribution in [0.1, 0.15) is 42.1 Å². The van der Waals surface area contributed by atoms with Gasteiger partial charge in [-0.3, -0.25) is 0 Å². The molecule has 0 aliphatic carbocycles. The van der Waals surface area contributed by atoms with Crippen LogP contribution in [0.3, 0.4) is 0 Å². The summed E-state index contributed by atoms with van der Waals surface area (Å²) in [5.41, 5.74) is 0.253. The maximum absolute atomic E-state index is 11.4. The number of ether oxygens (including phenoxy) is 2. The molecule has 0 radical (unpaired) electrons. The third-order valence-electron chi connectivity index (χ3n) is 2.58. The number of nitrogens with zero attached hydrogens (tertiary/aromatic N) is 1. The highest BCUT2D eigenvalue weighted by atomic mass is 16.5. The van der Waals surface area contributed by atoms with Gasteiger partial charge in [0.25, 0.3) is 0 Å². The van der Waals surface area contributed by atoms with Gasteiger partial charge in [-0.15, -0.1) is 0 Å². The average molecular weight is 225 g/mol. The Kier molecular flexibility index (Phi) is 3.56. The van der Waals surface area contributed by atoms with Crippen molar-refractivity contribution in [3.8, 4) is 0 Å². The largest absolute Gasteiger partial charge is 0.461 e. The number of rotatable bonds is 3. The number of esters is 1. The zero-order chi connectivity index (χ0) is 11.4. The van der Waals surface area contributed by atoms with Gasteiger partial charge < -0.3 is 13.9 Å². The van der Waals surface area contributed by atoms with E-state index >= 15 is 0 Å². The molecular weight excluding hydrogens is 210 g/mol. The van der Waals surface area contributed by atoms with Crippen molar-refractivity contribution < 1.29 is 18.7 Å². The number of carbonyl (C=O) groups is 1. The van der Waals surface area contributed by atoms with E-state index in [1.165, 1.54) is 6.26 Å². The molecule has 0 aromatic carbocycles. The van der Waals surface area contributed by atoms with Crippen molar-refractivity contribution in [2.24, 2.45) is 0 Å². The molecule has 5 heteroatoms. The van der Waals surface area contributed by atoms with E-state index in [2.05, 4.69) is 4.98 Å². The van der Waals surface area contributed by atoms with Crippen molar-refractivity contribution in [3.05, 3.63) is 17.8 Å². The third kappa shape index (κ3) is 2.41. The zero-order valence-corrected chi connectivity index (χ0v) is 9.27. The van der Waals surface area contributed by atoms with Gasteiger partial charge in [0.15, 0.2) is 11.6 Å². The quantitative estimate of drug-likeness (QED) is 0.733. The summed E-state index contributed by atoms with van der Waals surface area (Å²) >= 11 is 0. The first kappa shape index (κ1) is 11.1. The van der Waals surface area contributed by atoms with Gasteiger partial charge in [0.2, 0.25) is 0 Å². The first-order chi connectivity index (χ1) is 7.81. The molecule has 88 valence electrons. The Balaban J connectivity index is 2.03. The predicted octanol–water partition coefficient (Wildman–Crippen LogP) is 1.75. The summed E-state index contributed by atoms with van der Waals surface area (Å²) in [5.74, 6) is 0.452. The van der Waals surface area contributed by atoms with Gasteiger partial charge in [-0.2, -0.15) is 0 Å². The summed E-state index contributed by atoms with van der Waals surface area (Å²) in [4.78, 5) is 15.5. The first-order valence-electron chi connectivity index (χ1n) is 5.51. The van der Waals surface area contributed by atoms with Crippen LogP contribution in [-0.2, 0) is 9.47 Å². The lowest BCUT2D eigenvalue weighted by Crippen LogP contribution is -2.14. The summed E-state index contributed by atoms with van der Waals surface area (Å²) in [6, 6.07) is 0. The van der Waals surface area contributed by atoms with Gasteiger partial charge >= 0.3 is 5.97 Å². The lowest BCUT2D eigenvalue weighted by molar-refractivity contribution is 0.0519. The molecule has 1 aliphatic heterocycles. The minimum absolute atomic E-state index is 0.253. The van der Waals surface area contributed by atoms with Crippen LogP contribution in [-0.4, -0.2) is 30.8 Å². The lowest BCUT2D eigenvalue weighted by Gasteiger charge is -2.18. The van der Waals surface area contributed by atoms with E-state index in [4.69, 9.17) is 13.9 Å². The van der Waals surface area contributed by atoms with Gasteiger partial charge in [0.1, 0.15) is 6.26 Å². The second-order valence-electron chi connectivity index (χ2n) is 3.68. The van der Waals surface area contributed by atoms with Crippen LogP contribution in [0.25, 0.3) is 0 Å². The molecule has 1 aromatic rings. The van der Waals surface area contributed by atoms with E-state index < -0.39 is 5.97 Å². The van der Waals surface area contributed by atoms with E-state index in [9.17, 15) is 4.79 Å². The van der Waals surface area contributed by atoms with Crippen molar-refractivity contribution >= 4 is 5.97 Å². The maximum atomic E-state index is 11.4. The Morgan fingerprint density at radius 2 is 2.31 bits per heavy atom. The fraction of sp³-hybridized carbons (Fsp3) is 0.636. The number of carbonyl (C=O) groups excluding carboxylic acids is 1. The number of oxazole rings is 1. The predicted molar refractivity (Wildman–Crippen MR) is 55.3 cm³/mol. The second-order valence-corrected chi connectivity index (χ2v) is 3.68. The van der Waals surface area contributed by atoms with Gasteiger partial charge in [-0.1, -0.05) is 0 Å². The zero-order valence-electron chi connectivity index (χ0n) is 9.27. The molecule has 0 spiro atoms. The Morgan fingerprint density at radius 3 is 3.00 bits per heavy atom. The molecule has 0 atom stereocenters. The van der Waals surface area contributed by atoms with Crippen LogP contribution < -0.4 is 0 Å². The maximum Gasteiger partial charge on any atom is 0.360 e. The van der Waals surface area contributed by atoms with Crippen molar-refractivity contribution in [2.45, 2.75) is 25.7 Å². The number of hydrogen-bond acceptors (Lipinski definition) is 5. The van der Waals surface area contributed by atoms with Crippen LogP contribution in [0.2, 0.25) is 0 Å². The van der Waals surface area contributed by atoms with Crippen molar-refractivity contribution in [1.29, 1.82) is 0 Å². The van der Waals surface area contributed by atoms with Crippen molar-refractivity contribution in [3.63, 3.8) is 0 Å². The fourth-order valence-electron chi connectivity index (χ4n) is 1.72. The molecule has 0 N–H and O–H groups in total. The summed E-state index contributed by atoms with van der Waals surface area (Å²) in [6.45, 7) is 3.55. The SMILES string of the molecule is CCOC(=O)c1coc(C2CCOCC2)n1. The van der Waals surface area contributed by atoms with Crippen LogP contribution in [0.15, 0.2) is 10.7 Å². The molecule has 1 aliphatic rings. The summed E-state index contributed by atoms with van der Waals surface area (Å²) in [7, 11) is 0. The number of aromatic nitrogens is 1. The summed E-state index contributed by atoms with van der Waals surface area (Å²) in [5, 5.41) is 0. The normalized spacial score (nSPS) is 17.3. The minimum atomic E-state index is -0.426. The molecule has 0 amide bonds. The lowest BCUT2D eigenvalue weighted by atomic mass is 10.0. The summed E-state index contributed by atoms with van der Waals surface area (Å²) in [6.07, 6.45) is 3.15. The third-order valence-corrected chi connectivity index (χ3v) is 2.58. The topological polar surface area (TPSA) is 61.6 Å². The van der Waals surface area contributed by atoms with E-state index in [1.54, 1.807) is 6.92 Å². The Morgan fingerprint density at radius 1 is 1.56 bits per heavy atom. The highest BCUT2D eigenvalue weighted by Crippen LogP contribution is 2.26. The van der Waals surface area contributed by atoms with Crippen LogP contribution in [0.4, 0.5) is 0 Å². The van der Waals surface area contributed by atoms with Gasteiger partial charge in [0, 0.05) is 19.1 Å². The molecule has 1 aromatic heterocycles. The molecular formula is C11H15NO4. The molecule has 0 bridgehead atoms. The van der Waals surface area contributed by atoms with E-state index in [0.29, 0.717) is 12.5 Å². The highest BCUT2D eigenvalue weighted by molar-refractivity contribution is 5.86. The Bertz CT molecular complexity index is 355. The van der Waals surface area contributed by atoms with E-state index in [0.717, 1.165) is 26.1 Å². The monoisotopic (exact) mass is 225 g/mol. The highest BCUT2D eigenvalue weighted by Gasteiger charge is 2.22. The smallest absolute Gasteiger partial charge is 0.360 e. The average Bonchev–Trinajstić information content (AvgIpc) is 2.80. The Labute approximate surface area is 93.7 Å². The molecule has 2 rings (SSSR count). The molecule has 5 nitrogen and oxygen atoms in total. The minimum Gasteiger partial charge on any atom is -0.461 e.